The van der Waals surface area contributed by atoms with E-state index in [1.54, 1.807) is 18.2 Å². The van der Waals surface area contributed by atoms with Crippen molar-refractivity contribution in [2.24, 2.45) is 0 Å². The maximum absolute atomic E-state index is 12.5. The van der Waals surface area contributed by atoms with E-state index in [-0.39, 0.29) is 24.9 Å². The molecule has 0 saturated carbocycles. The van der Waals surface area contributed by atoms with Gasteiger partial charge in [-0.25, -0.2) is 0 Å². The number of amides is 1. The molecule has 2 heterocycles. The summed E-state index contributed by atoms with van der Waals surface area (Å²) in [7, 11) is 0. The van der Waals surface area contributed by atoms with Gasteiger partial charge in [-0.15, -0.1) is 23.7 Å². The minimum absolute atomic E-state index is 0. The van der Waals surface area contributed by atoms with Gasteiger partial charge in [0.25, 0.3) is 5.91 Å². The second-order valence-corrected chi connectivity index (χ2v) is 8.23. The fourth-order valence-electron chi connectivity index (χ4n) is 3.02. The van der Waals surface area contributed by atoms with Gasteiger partial charge in [0.1, 0.15) is 18.5 Å². The highest BCUT2D eigenvalue weighted by Crippen LogP contribution is 2.26. The zero-order valence-electron chi connectivity index (χ0n) is 15.2. The maximum atomic E-state index is 12.5. The summed E-state index contributed by atoms with van der Waals surface area (Å²) >= 11 is 13.3. The zero-order chi connectivity index (χ0) is 19.2. The van der Waals surface area contributed by atoms with Gasteiger partial charge in [0.2, 0.25) is 0 Å². The van der Waals surface area contributed by atoms with Gasteiger partial charge in [-0.05, 0) is 36.5 Å². The molecular weight excluding hydrogens is 443 g/mol. The molecule has 1 aliphatic rings. The number of β-amino-alcohol motifs (C(OH)–C–C–N with tert-alkyl or cyclic N) is 1. The third kappa shape index (κ3) is 6.51. The Morgan fingerprint density at radius 2 is 2.00 bits per heavy atom. The zero-order valence-corrected chi connectivity index (χ0v) is 18.4. The standard InChI is InChI=1S/C19H22Cl2N2O3S.ClH/c20-16-5-4-15(11-17(16)21)26-13-14(24)12-22-6-2-7-23(9-8-22)19(25)18-3-1-10-27-18;/h1,3-5,10-11,14,24H,2,6-9,12-13H2;1H. The summed E-state index contributed by atoms with van der Waals surface area (Å²) in [5, 5.41) is 13.1. The highest BCUT2D eigenvalue weighted by atomic mass is 35.5. The molecule has 5 nitrogen and oxygen atoms in total. The molecule has 1 aliphatic heterocycles. The van der Waals surface area contributed by atoms with Crippen LogP contribution in [-0.2, 0) is 0 Å². The summed E-state index contributed by atoms with van der Waals surface area (Å²) in [5.41, 5.74) is 0. The number of carbonyl (C=O) groups excluding carboxylic acids is 1. The molecule has 0 radical (unpaired) electrons. The van der Waals surface area contributed by atoms with Crippen LogP contribution in [0.5, 0.6) is 5.75 Å². The summed E-state index contributed by atoms with van der Waals surface area (Å²) in [4.78, 5) is 17.3. The van der Waals surface area contributed by atoms with Crippen molar-refractivity contribution in [3.63, 3.8) is 0 Å². The first-order valence-electron chi connectivity index (χ1n) is 8.84. The minimum Gasteiger partial charge on any atom is -0.491 e. The third-order valence-electron chi connectivity index (χ3n) is 4.41. The Morgan fingerprint density at radius 1 is 1.18 bits per heavy atom. The Hall–Kier alpha value is -1.02. The summed E-state index contributed by atoms with van der Waals surface area (Å²) in [6.07, 6.45) is 0.260. The lowest BCUT2D eigenvalue weighted by molar-refractivity contribution is 0.0671. The number of nitrogens with zero attached hydrogens (tertiary/aromatic N) is 2. The number of aliphatic hydroxyl groups excluding tert-OH is 1. The molecule has 0 spiro atoms. The molecule has 9 heteroatoms. The van der Waals surface area contributed by atoms with Crippen LogP contribution < -0.4 is 4.74 Å². The smallest absolute Gasteiger partial charge is 0.263 e. The number of ether oxygens (including phenoxy) is 1. The number of carbonyl (C=O) groups is 1. The topological polar surface area (TPSA) is 53.0 Å². The van der Waals surface area contributed by atoms with E-state index in [9.17, 15) is 9.90 Å². The molecule has 28 heavy (non-hydrogen) atoms. The number of benzene rings is 1. The molecule has 1 unspecified atom stereocenters. The summed E-state index contributed by atoms with van der Waals surface area (Å²) in [5.74, 6) is 0.669. The largest absolute Gasteiger partial charge is 0.491 e. The first-order valence-corrected chi connectivity index (χ1v) is 10.5. The predicted octanol–water partition coefficient (Wildman–Crippen LogP) is 4.06. The lowest BCUT2D eigenvalue weighted by Crippen LogP contribution is -2.39. The van der Waals surface area contributed by atoms with Crippen LogP contribution in [0.2, 0.25) is 10.0 Å². The van der Waals surface area contributed by atoms with Gasteiger partial charge in [-0.2, -0.15) is 0 Å². The molecule has 1 aromatic carbocycles. The van der Waals surface area contributed by atoms with E-state index in [1.807, 2.05) is 22.4 Å². The lowest BCUT2D eigenvalue weighted by atomic mass is 10.3. The fourth-order valence-corrected chi connectivity index (χ4v) is 4.00. The molecule has 1 aromatic heterocycles. The second kappa shape index (κ2) is 11.2. The van der Waals surface area contributed by atoms with Gasteiger partial charge in [0.15, 0.2) is 0 Å². The minimum atomic E-state index is -0.626. The molecule has 1 atom stereocenters. The van der Waals surface area contributed by atoms with Crippen LogP contribution in [0.3, 0.4) is 0 Å². The normalized spacial score (nSPS) is 16.2. The molecule has 0 aliphatic carbocycles. The molecule has 154 valence electrons. The highest BCUT2D eigenvalue weighted by Gasteiger charge is 2.22. The van der Waals surface area contributed by atoms with Crippen LogP contribution in [0.15, 0.2) is 35.7 Å². The number of hydrogen-bond donors (Lipinski definition) is 1. The van der Waals surface area contributed by atoms with Gasteiger partial charge in [-0.3, -0.25) is 9.69 Å². The van der Waals surface area contributed by atoms with Crippen molar-refractivity contribution in [2.75, 3.05) is 39.3 Å². The molecule has 1 amide bonds. The highest BCUT2D eigenvalue weighted by molar-refractivity contribution is 7.12. The van der Waals surface area contributed by atoms with E-state index in [2.05, 4.69) is 4.90 Å². The van der Waals surface area contributed by atoms with Crippen molar-refractivity contribution in [3.8, 4) is 5.75 Å². The number of hydrogen-bond acceptors (Lipinski definition) is 5. The van der Waals surface area contributed by atoms with E-state index < -0.39 is 6.10 Å². The van der Waals surface area contributed by atoms with E-state index in [1.165, 1.54) is 11.3 Å². The average molecular weight is 466 g/mol. The predicted molar refractivity (Wildman–Crippen MR) is 116 cm³/mol. The van der Waals surface area contributed by atoms with Crippen LogP contribution in [0.25, 0.3) is 0 Å². The van der Waals surface area contributed by atoms with Crippen molar-refractivity contribution >= 4 is 52.9 Å². The van der Waals surface area contributed by atoms with E-state index in [0.29, 0.717) is 28.9 Å². The average Bonchev–Trinajstić information content (AvgIpc) is 3.09. The number of halogens is 3. The summed E-state index contributed by atoms with van der Waals surface area (Å²) in [6.45, 7) is 3.66. The Morgan fingerprint density at radius 3 is 2.71 bits per heavy atom. The van der Waals surface area contributed by atoms with Gasteiger partial charge in [0.05, 0.1) is 14.9 Å². The molecule has 3 rings (SSSR count). The number of rotatable bonds is 6. The second-order valence-electron chi connectivity index (χ2n) is 6.46. The van der Waals surface area contributed by atoms with Crippen LogP contribution in [0.4, 0.5) is 0 Å². The molecular formula is C19H23Cl3N2O3S. The van der Waals surface area contributed by atoms with Crippen molar-refractivity contribution in [2.45, 2.75) is 12.5 Å². The number of aliphatic hydroxyl groups is 1. The SMILES string of the molecule is Cl.O=C(c1cccs1)N1CCCN(CC(O)COc2ccc(Cl)c(Cl)c2)CC1. The van der Waals surface area contributed by atoms with Crippen LogP contribution >= 0.6 is 46.9 Å². The summed E-state index contributed by atoms with van der Waals surface area (Å²) < 4.78 is 5.60. The van der Waals surface area contributed by atoms with E-state index in [0.717, 1.165) is 30.9 Å². The van der Waals surface area contributed by atoms with E-state index >= 15 is 0 Å². The number of thiophene rings is 1. The Balaban J connectivity index is 0.00000280. The van der Waals surface area contributed by atoms with Crippen LogP contribution in [0, 0.1) is 0 Å². The van der Waals surface area contributed by atoms with Crippen molar-refractivity contribution < 1.29 is 14.6 Å². The van der Waals surface area contributed by atoms with Crippen molar-refractivity contribution in [3.05, 3.63) is 50.6 Å². The monoisotopic (exact) mass is 464 g/mol. The molecule has 2 aromatic rings. The maximum Gasteiger partial charge on any atom is 0.263 e. The molecule has 1 N–H and O–H groups in total. The molecule has 1 fully saturated rings. The molecule has 0 bridgehead atoms. The van der Waals surface area contributed by atoms with E-state index in [4.69, 9.17) is 27.9 Å². The first-order chi connectivity index (χ1) is 13.0. The quantitative estimate of drug-likeness (QED) is 0.699. The van der Waals surface area contributed by atoms with Gasteiger partial charge >= 0.3 is 0 Å². The van der Waals surface area contributed by atoms with Crippen molar-refractivity contribution in [1.82, 2.24) is 9.80 Å². The van der Waals surface area contributed by atoms with Gasteiger partial charge < -0.3 is 14.7 Å². The Bertz CT molecular complexity index is 761. The van der Waals surface area contributed by atoms with Crippen molar-refractivity contribution in [1.29, 1.82) is 0 Å². The Labute approximate surface area is 185 Å². The van der Waals surface area contributed by atoms with Crippen LogP contribution in [0.1, 0.15) is 16.1 Å². The van der Waals surface area contributed by atoms with Crippen LogP contribution in [-0.4, -0.2) is 66.2 Å². The first kappa shape index (κ1) is 23.3. The Kier molecular flexibility index (Phi) is 9.34. The van der Waals surface area contributed by atoms with Gasteiger partial charge in [-0.1, -0.05) is 29.3 Å². The summed E-state index contributed by atoms with van der Waals surface area (Å²) in [6, 6.07) is 8.78. The lowest BCUT2D eigenvalue weighted by Gasteiger charge is -2.24. The van der Waals surface area contributed by atoms with Gasteiger partial charge in [0, 0.05) is 32.2 Å². The third-order valence-corrected chi connectivity index (χ3v) is 6.01. The molecule has 1 saturated heterocycles. The fraction of sp³-hybridized carbons (Fsp3) is 0.421.